The Balaban J connectivity index is 1.35. The van der Waals surface area contributed by atoms with E-state index in [-0.39, 0.29) is 12.0 Å². The van der Waals surface area contributed by atoms with E-state index in [0.29, 0.717) is 27.9 Å². The van der Waals surface area contributed by atoms with Gasteiger partial charge in [-0.1, -0.05) is 30.0 Å². The van der Waals surface area contributed by atoms with Crippen LogP contribution in [0, 0.1) is 5.92 Å². The minimum absolute atomic E-state index is 0.274. The molecule has 0 amide bonds. The lowest BCUT2D eigenvalue weighted by atomic mass is 10.00. The second-order valence-corrected chi connectivity index (χ2v) is 9.71. The zero-order valence-corrected chi connectivity index (χ0v) is 18.7. The van der Waals surface area contributed by atoms with Gasteiger partial charge in [-0.15, -0.1) is 5.10 Å². The summed E-state index contributed by atoms with van der Waals surface area (Å²) < 4.78 is 12.8. The van der Waals surface area contributed by atoms with Crippen LogP contribution in [0.2, 0.25) is 0 Å². The van der Waals surface area contributed by atoms with E-state index in [0.717, 1.165) is 47.8 Å². The highest BCUT2D eigenvalue weighted by molar-refractivity contribution is 7.98. The fourth-order valence-corrected chi connectivity index (χ4v) is 5.36. The third-order valence-corrected chi connectivity index (χ3v) is 7.42. The van der Waals surface area contributed by atoms with E-state index in [9.17, 15) is 4.79 Å². The molecule has 5 rings (SSSR count). The van der Waals surface area contributed by atoms with E-state index in [4.69, 9.17) is 14.6 Å². The summed E-state index contributed by atoms with van der Waals surface area (Å²) in [5.41, 5.74) is 6.42. The maximum atomic E-state index is 12.7. The van der Waals surface area contributed by atoms with Gasteiger partial charge in [-0.2, -0.15) is 9.50 Å². The predicted molar refractivity (Wildman–Crippen MR) is 122 cm³/mol. The number of fused-ring (bicyclic) bond motifs is 1. The molecule has 4 aromatic rings. The van der Waals surface area contributed by atoms with E-state index < -0.39 is 0 Å². The maximum absolute atomic E-state index is 12.7. The van der Waals surface area contributed by atoms with Crippen molar-refractivity contribution < 1.29 is 8.83 Å². The van der Waals surface area contributed by atoms with E-state index in [2.05, 4.69) is 21.9 Å². The Labute approximate surface area is 187 Å². The summed E-state index contributed by atoms with van der Waals surface area (Å²) >= 11 is 2.94. The number of anilines is 2. The number of nitrogens with two attached hydrogens (primary N) is 1. The van der Waals surface area contributed by atoms with Gasteiger partial charge in [-0.05, 0) is 43.0 Å². The molecule has 1 aliphatic rings. The zero-order valence-electron chi connectivity index (χ0n) is 17.1. The van der Waals surface area contributed by atoms with Crippen molar-refractivity contribution >= 4 is 39.0 Å². The molecular weight excluding hydrogens is 434 g/mol. The molecule has 5 heterocycles. The highest BCUT2D eigenvalue weighted by Crippen LogP contribution is 2.29. The van der Waals surface area contributed by atoms with Crippen molar-refractivity contribution in [3.05, 3.63) is 58.0 Å². The summed E-state index contributed by atoms with van der Waals surface area (Å²) in [4.78, 5) is 19.7. The normalized spacial score (nSPS) is 15.2. The minimum atomic E-state index is -0.332. The highest BCUT2D eigenvalue weighted by Gasteiger charge is 2.22. The molecule has 1 aliphatic heterocycles. The fourth-order valence-electron chi connectivity index (χ4n) is 3.63. The Morgan fingerprint density at radius 3 is 2.87 bits per heavy atom. The maximum Gasteiger partial charge on any atom is 0.279 e. The highest BCUT2D eigenvalue weighted by atomic mass is 32.2. The van der Waals surface area contributed by atoms with Gasteiger partial charge in [0.25, 0.3) is 5.56 Å². The second-order valence-electron chi connectivity index (χ2n) is 7.79. The van der Waals surface area contributed by atoms with Crippen molar-refractivity contribution in [3.8, 4) is 0 Å². The molecule has 10 heteroatoms. The fraction of sp³-hybridized carbons (Fsp3) is 0.381. The molecule has 0 spiro atoms. The smallest absolute Gasteiger partial charge is 0.279 e. The number of hydrogen-bond acceptors (Lipinski definition) is 9. The van der Waals surface area contributed by atoms with E-state index >= 15 is 0 Å². The Morgan fingerprint density at radius 2 is 2.10 bits per heavy atom. The average Bonchev–Trinajstić information content (AvgIpc) is 3.51. The Morgan fingerprint density at radius 1 is 1.26 bits per heavy atom. The van der Waals surface area contributed by atoms with Crippen LogP contribution in [0.15, 0.2) is 49.2 Å². The van der Waals surface area contributed by atoms with Crippen molar-refractivity contribution in [2.45, 2.75) is 37.0 Å². The predicted octanol–water partition coefficient (Wildman–Crippen LogP) is 4.04. The van der Waals surface area contributed by atoms with Crippen LogP contribution in [0.1, 0.15) is 36.8 Å². The summed E-state index contributed by atoms with van der Waals surface area (Å²) in [5, 5.41) is 6.27. The van der Waals surface area contributed by atoms with Crippen LogP contribution in [0.3, 0.4) is 0 Å². The van der Waals surface area contributed by atoms with E-state index in [1.54, 1.807) is 10.8 Å². The van der Waals surface area contributed by atoms with Gasteiger partial charge in [0.1, 0.15) is 17.3 Å². The largest absolute Gasteiger partial charge is 0.468 e. The number of piperidine rings is 1. The lowest BCUT2D eigenvalue weighted by molar-refractivity contribution is 0.437. The first kappa shape index (κ1) is 20.2. The molecular formula is C21H23N5O3S2. The number of aromatic nitrogens is 3. The SMILES string of the molecule is CC1CCN(c2nn3c(N)c(Cc4ccc(SCc5ccco5)o4)c(=O)nc3s2)CC1. The molecule has 0 bridgehead atoms. The molecule has 162 valence electrons. The van der Waals surface area contributed by atoms with Crippen molar-refractivity contribution in [1.82, 2.24) is 14.6 Å². The third-order valence-electron chi connectivity index (χ3n) is 5.52. The summed E-state index contributed by atoms with van der Waals surface area (Å²) in [6.07, 6.45) is 4.20. The Hall–Kier alpha value is -2.72. The summed E-state index contributed by atoms with van der Waals surface area (Å²) in [5.74, 6) is 3.27. The van der Waals surface area contributed by atoms with Crippen LogP contribution in [0.5, 0.6) is 0 Å². The van der Waals surface area contributed by atoms with Crippen LogP contribution in [-0.4, -0.2) is 27.7 Å². The zero-order chi connectivity index (χ0) is 21.4. The van der Waals surface area contributed by atoms with E-state index in [1.807, 2.05) is 24.3 Å². The molecule has 0 aliphatic carbocycles. The van der Waals surface area contributed by atoms with Gasteiger partial charge in [-0.3, -0.25) is 4.79 Å². The molecule has 2 N–H and O–H groups in total. The van der Waals surface area contributed by atoms with Gasteiger partial charge < -0.3 is 19.5 Å². The van der Waals surface area contributed by atoms with E-state index in [1.165, 1.54) is 23.1 Å². The molecule has 8 nitrogen and oxygen atoms in total. The lowest BCUT2D eigenvalue weighted by Crippen LogP contribution is -2.32. The number of nitrogens with zero attached hydrogens (tertiary/aromatic N) is 4. The van der Waals surface area contributed by atoms with Crippen molar-refractivity contribution in [3.63, 3.8) is 0 Å². The molecule has 31 heavy (non-hydrogen) atoms. The van der Waals surface area contributed by atoms with Crippen molar-refractivity contribution in [2.75, 3.05) is 23.7 Å². The second kappa shape index (κ2) is 8.43. The quantitative estimate of drug-likeness (QED) is 0.433. The van der Waals surface area contributed by atoms with Crippen LogP contribution < -0.4 is 16.2 Å². The van der Waals surface area contributed by atoms with Gasteiger partial charge in [-0.25, -0.2) is 0 Å². The first-order valence-electron chi connectivity index (χ1n) is 10.2. The molecule has 0 atom stereocenters. The summed E-state index contributed by atoms with van der Waals surface area (Å²) in [6, 6.07) is 7.53. The van der Waals surface area contributed by atoms with Crippen molar-refractivity contribution in [2.24, 2.45) is 5.92 Å². The van der Waals surface area contributed by atoms with Crippen LogP contribution in [0.4, 0.5) is 10.9 Å². The minimum Gasteiger partial charge on any atom is -0.468 e. The van der Waals surface area contributed by atoms with Gasteiger partial charge in [0, 0.05) is 19.5 Å². The topological polar surface area (TPSA) is 103 Å². The lowest BCUT2D eigenvalue weighted by Gasteiger charge is -2.29. The van der Waals surface area contributed by atoms with Gasteiger partial charge >= 0.3 is 0 Å². The third kappa shape index (κ3) is 4.22. The molecule has 0 saturated carbocycles. The number of thioether (sulfide) groups is 1. The monoisotopic (exact) mass is 457 g/mol. The van der Waals surface area contributed by atoms with Crippen LogP contribution >= 0.6 is 23.1 Å². The average molecular weight is 458 g/mol. The summed E-state index contributed by atoms with van der Waals surface area (Å²) in [7, 11) is 0. The van der Waals surface area contributed by atoms with Crippen LogP contribution in [-0.2, 0) is 12.2 Å². The summed E-state index contributed by atoms with van der Waals surface area (Å²) in [6.45, 7) is 4.20. The molecule has 1 saturated heterocycles. The number of hydrogen-bond donors (Lipinski definition) is 1. The Bertz CT molecular complexity index is 1240. The van der Waals surface area contributed by atoms with Crippen molar-refractivity contribution in [1.29, 1.82) is 0 Å². The first-order chi connectivity index (χ1) is 15.1. The number of nitrogen functional groups attached to an aromatic ring is 1. The van der Waals surface area contributed by atoms with Crippen LogP contribution in [0.25, 0.3) is 4.96 Å². The Kier molecular flexibility index (Phi) is 5.49. The van der Waals surface area contributed by atoms with Gasteiger partial charge in [0.2, 0.25) is 10.1 Å². The standard InChI is InChI=1S/C21H23N5O3S2/c1-13-6-8-25(9-7-13)21-24-26-18(22)16(19(27)23-20(26)31-21)11-14-4-5-17(29-14)30-12-15-3-2-10-28-15/h2-5,10,13H,6-9,11-12,22H2,1H3. The number of furan rings is 2. The molecule has 1 fully saturated rings. The molecule has 0 unspecified atom stereocenters. The van der Waals surface area contributed by atoms with Gasteiger partial charge in [0.05, 0.1) is 17.6 Å². The first-order valence-corrected chi connectivity index (χ1v) is 12.0. The molecule has 4 aromatic heterocycles. The van der Waals surface area contributed by atoms with Gasteiger partial charge in [0.15, 0.2) is 5.09 Å². The molecule has 0 radical (unpaired) electrons. The molecule has 0 aromatic carbocycles. The number of rotatable bonds is 6.